The molecule has 0 bridgehead atoms. The Balaban J connectivity index is 1.59. The number of halogens is 2. The van der Waals surface area contributed by atoms with Gasteiger partial charge in [0.05, 0.1) is 0 Å². The van der Waals surface area contributed by atoms with Crippen LogP contribution in [-0.2, 0) is 10.2 Å². The number of anilines is 2. The van der Waals surface area contributed by atoms with Crippen LogP contribution in [-0.4, -0.2) is 25.9 Å². The molecule has 1 aliphatic heterocycles. The average molecular weight is 843 g/mol. The molecule has 3 saturated carbocycles. The van der Waals surface area contributed by atoms with E-state index in [-0.39, 0.29) is 6.17 Å². The zero-order valence-electron chi connectivity index (χ0n) is 30.5. The quantitative estimate of drug-likeness (QED) is 0.141. The van der Waals surface area contributed by atoms with Crippen molar-refractivity contribution in [3.63, 3.8) is 0 Å². The zero-order chi connectivity index (χ0) is 35.5. The van der Waals surface area contributed by atoms with Crippen LogP contribution in [0.5, 0.6) is 0 Å². The monoisotopic (exact) mass is 842 g/mol. The molecule has 3 aliphatic carbocycles. The van der Waals surface area contributed by atoms with Crippen molar-refractivity contribution in [2.24, 2.45) is 0 Å². The van der Waals surface area contributed by atoms with E-state index in [4.69, 9.17) is 0 Å². The van der Waals surface area contributed by atoms with E-state index in [9.17, 15) is 19.4 Å². The third-order valence-electron chi connectivity index (χ3n) is 12.7. The van der Waals surface area contributed by atoms with Gasteiger partial charge in [-0.2, -0.15) is 0 Å². The van der Waals surface area contributed by atoms with Crippen molar-refractivity contribution in [2.45, 2.75) is 119 Å². The Morgan fingerprint density at radius 3 is 1.38 bits per heavy atom. The molecule has 0 aromatic heterocycles. The fourth-order valence-corrected chi connectivity index (χ4v) is 57.7. The molecule has 1 atom stereocenters. The number of benzene rings is 4. The van der Waals surface area contributed by atoms with E-state index in [0.29, 0.717) is 17.0 Å². The van der Waals surface area contributed by atoms with Crippen LogP contribution in [0.4, 0.5) is 11.4 Å². The van der Waals surface area contributed by atoms with Crippen molar-refractivity contribution < 1.29 is 10.2 Å². The Hall–Kier alpha value is -2.19. The molecule has 3 nitrogen and oxygen atoms in total. The van der Waals surface area contributed by atoms with Crippen LogP contribution in [0.15, 0.2) is 121 Å². The van der Waals surface area contributed by atoms with Crippen molar-refractivity contribution in [2.75, 3.05) is 9.91 Å². The second-order valence-corrected chi connectivity index (χ2v) is 43.7. The Labute approximate surface area is 320 Å². The molecule has 1 saturated heterocycles. The maximum absolute atomic E-state index is 9.49. The minimum atomic E-state index is -5.02. The molecule has 4 fully saturated rings. The maximum atomic E-state index is 9.49. The van der Waals surface area contributed by atoms with Gasteiger partial charge in [-0.05, 0) is 0 Å². The van der Waals surface area contributed by atoms with E-state index in [1.54, 1.807) is 0 Å². The van der Waals surface area contributed by atoms with Crippen molar-refractivity contribution in [3.05, 3.63) is 132 Å². The van der Waals surface area contributed by atoms with Crippen LogP contribution >= 0.6 is 25.0 Å². The summed E-state index contributed by atoms with van der Waals surface area (Å²) in [6, 6.07) is 44.0. The minimum absolute atomic E-state index is 0.171. The molecule has 1 heterocycles. The summed E-state index contributed by atoms with van der Waals surface area (Å²) in [6.07, 6.45) is 19.4. The fourth-order valence-electron chi connectivity index (χ4n) is 10.6. The Kier molecular flexibility index (Phi) is 11.2. The summed E-state index contributed by atoms with van der Waals surface area (Å²) >= 11 is 0. The predicted octanol–water partition coefficient (Wildman–Crippen LogP) is 12.8. The number of nitrogens with zero attached hydrogens (tertiary/aromatic N) is 2. The summed E-state index contributed by atoms with van der Waals surface area (Å²) in [5.41, 5.74) is 7.91. The molecule has 0 amide bonds. The molecule has 7 heteroatoms. The summed E-state index contributed by atoms with van der Waals surface area (Å²) in [6.45, 7) is 0. The third kappa shape index (κ3) is 6.62. The number of hydrogen-bond acceptors (Lipinski definition) is 3. The van der Waals surface area contributed by atoms with E-state index in [2.05, 4.69) is 141 Å². The van der Waals surface area contributed by atoms with Crippen LogP contribution in [0.1, 0.15) is 114 Å². The molecule has 0 spiro atoms. The van der Waals surface area contributed by atoms with Gasteiger partial charge in [0.1, 0.15) is 0 Å². The second kappa shape index (κ2) is 15.9. The first-order chi connectivity index (χ1) is 25.5. The average Bonchev–Trinajstić information content (AvgIpc) is 3.63. The van der Waals surface area contributed by atoms with Gasteiger partial charge in [0.25, 0.3) is 0 Å². The summed E-state index contributed by atoms with van der Waals surface area (Å²) in [5, 5.41) is 2.41. The summed E-state index contributed by atoms with van der Waals surface area (Å²) in [4.78, 5) is 2.59. The topological polar surface area (TPSA) is 18.5 Å². The van der Waals surface area contributed by atoms with Gasteiger partial charge in [0.2, 0.25) is 0 Å². The first-order valence-electron chi connectivity index (χ1n) is 20.0. The molecule has 4 aliphatic rings. The van der Waals surface area contributed by atoms with E-state index < -0.39 is 15.8 Å². The van der Waals surface area contributed by atoms with Gasteiger partial charge in [-0.1, -0.05) is 0 Å². The first-order valence-corrected chi connectivity index (χ1v) is 31.1. The summed E-state index contributed by atoms with van der Waals surface area (Å²) < 4.78 is 3.74. The molecule has 1 unspecified atom stereocenters. The third-order valence-corrected chi connectivity index (χ3v) is 49.6. The molecule has 0 radical (unpaired) electrons. The molecule has 52 heavy (non-hydrogen) atoms. The van der Waals surface area contributed by atoms with Crippen LogP contribution < -0.4 is 15.3 Å². The molecular formula is C45H57Cl2N3PRu. The van der Waals surface area contributed by atoms with Crippen molar-refractivity contribution >= 4 is 45.3 Å². The molecule has 1 N–H and O–H groups in total. The molecule has 8 rings (SSSR count). The molecule has 4 aromatic carbocycles. The van der Waals surface area contributed by atoms with Crippen LogP contribution in [0, 0.1) is 0 Å². The zero-order valence-corrected chi connectivity index (χ0v) is 34.8. The number of nitrogens with one attached hydrogen (secondary N) is 1. The van der Waals surface area contributed by atoms with Gasteiger partial charge in [0.15, 0.2) is 0 Å². The van der Waals surface area contributed by atoms with Gasteiger partial charge >= 0.3 is 323 Å². The second-order valence-electron chi connectivity index (χ2n) is 15.7. The van der Waals surface area contributed by atoms with Gasteiger partial charge in [0, 0.05) is 0 Å². The van der Waals surface area contributed by atoms with Gasteiger partial charge < -0.3 is 0 Å². The molecule has 279 valence electrons. The number of hydrazine groups is 1. The Morgan fingerprint density at radius 2 is 0.923 bits per heavy atom. The molecule has 4 aromatic rings. The van der Waals surface area contributed by atoms with Crippen molar-refractivity contribution in [1.82, 2.24) is 5.43 Å². The van der Waals surface area contributed by atoms with E-state index in [1.807, 2.05) is 0 Å². The van der Waals surface area contributed by atoms with Crippen LogP contribution in [0.3, 0.4) is 0 Å². The van der Waals surface area contributed by atoms with E-state index in [0.717, 1.165) is 15.7 Å². The Morgan fingerprint density at radius 1 is 0.519 bits per heavy atom. The van der Waals surface area contributed by atoms with Crippen molar-refractivity contribution in [3.8, 4) is 0 Å². The summed E-state index contributed by atoms with van der Waals surface area (Å²) in [5.74, 6) is 0. The Bertz CT molecular complexity index is 1870. The van der Waals surface area contributed by atoms with Gasteiger partial charge in [-0.25, -0.2) is 0 Å². The SMILES string of the molecule is [Cl][Ru]([Cl])(=[CH]c1ccccc1)(=[C]1N(c2ccccc2)NC(c2ccccc2)N1c1ccccc1)[PH](C1CCCCC1)(C1CCCCC1)C1CCCCC1. The van der Waals surface area contributed by atoms with Gasteiger partial charge in [-0.3, -0.25) is 0 Å². The van der Waals surface area contributed by atoms with Crippen molar-refractivity contribution in [1.29, 1.82) is 0 Å². The predicted molar refractivity (Wildman–Crippen MR) is 227 cm³/mol. The normalized spacial score (nSPS) is 22.5. The van der Waals surface area contributed by atoms with Crippen LogP contribution in [0.2, 0.25) is 0 Å². The molecular weight excluding hydrogens is 785 g/mol. The number of rotatable bonds is 8. The standard InChI is InChI=1S/C20H17N3.C18H33P.C7H6.2ClH.Ru/c1-4-10-17(11-5-1)20-21-23(19-14-8-3-9-15-19)16-22(20)18-12-6-2-7-13-18;1-4-10-16(11-5-1)19(17-12-6-2-7-13-17)18-14-8-3-9-15-18;1-7-5-3-2-4-6-7;;;/h1-15,20-21H;16-18H,1-15H2;1-6H;2*1H;/q;;;;;+1/p-1. The van der Waals surface area contributed by atoms with Gasteiger partial charge in [-0.15, -0.1) is 0 Å². The van der Waals surface area contributed by atoms with Crippen LogP contribution in [0.25, 0.3) is 0 Å². The van der Waals surface area contributed by atoms with E-state index >= 15 is 0 Å². The number of hydrogen-bond donors (Lipinski definition) is 1. The first kappa shape index (κ1) is 36.8. The summed E-state index contributed by atoms with van der Waals surface area (Å²) in [7, 11) is 14.0. The fraction of sp³-hybridized carbons (Fsp3) is 0.422. The van der Waals surface area contributed by atoms with E-state index in [1.165, 1.54) is 107 Å². The number of para-hydroxylation sites is 2.